The second-order valence-electron chi connectivity index (χ2n) is 9.19. The molecule has 0 radical (unpaired) electrons. The van der Waals surface area contributed by atoms with Crippen LogP contribution in [0.2, 0.25) is 0 Å². The van der Waals surface area contributed by atoms with Crippen LogP contribution in [0.3, 0.4) is 0 Å². The largest absolute Gasteiger partial charge is 0.469 e. The number of unbranched alkanes of at least 4 members (excludes halogenated alkanes) is 1. The molecule has 1 spiro atoms. The quantitative estimate of drug-likeness (QED) is 0.497. The Bertz CT molecular complexity index is 701. The monoisotopic (exact) mass is 406 g/mol. The Morgan fingerprint density at radius 1 is 1.17 bits per heavy atom. The van der Waals surface area contributed by atoms with Crippen molar-refractivity contribution >= 4 is 11.9 Å². The van der Waals surface area contributed by atoms with Gasteiger partial charge < -0.3 is 18.9 Å². The molecule has 0 amide bonds. The van der Waals surface area contributed by atoms with Gasteiger partial charge in [-0.25, -0.2) is 0 Å². The molecular weight excluding hydrogens is 372 g/mol. The number of carbonyl (C=O) groups is 2. The molecule has 2 aliphatic heterocycles. The molecule has 3 fully saturated rings. The first-order valence-corrected chi connectivity index (χ1v) is 11.1. The molecule has 0 unspecified atom stereocenters. The Morgan fingerprint density at radius 3 is 2.59 bits per heavy atom. The molecule has 0 aromatic rings. The predicted molar refractivity (Wildman–Crippen MR) is 106 cm³/mol. The van der Waals surface area contributed by atoms with Gasteiger partial charge in [0.1, 0.15) is 0 Å². The summed E-state index contributed by atoms with van der Waals surface area (Å²) in [5.41, 5.74) is 0.877. The third kappa shape index (κ3) is 2.89. The number of esters is 2. The second kappa shape index (κ2) is 7.69. The topological polar surface area (TPSA) is 71.1 Å². The molecule has 0 N–H and O–H groups in total. The van der Waals surface area contributed by atoms with E-state index in [9.17, 15) is 9.59 Å². The van der Waals surface area contributed by atoms with Gasteiger partial charge in [0, 0.05) is 11.3 Å². The first-order valence-electron chi connectivity index (χ1n) is 11.1. The summed E-state index contributed by atoms with van der Waals surface area (Å²) in [5.74, 6) is -2.33. The molecule has 29 heavy (non-hydrogen) atoms. The molecule has 5 bridgehead atoms. The third-order valence-electron chi connectivity index (χ3n) is 8.08. The molecule has 0 aromatic heterocycles. The molecule has 2 heterocycles. The van der Waals surface area contributed by atoms with Crippen molar-refractivity contribution in [2.45, 2.75) is 58.2 Å². The minimum Gasteiger partial charge on any atom is -0.469 e. The average molecular weight is 407 g/mol. The second-order valence-corrected chi connectivity index (χ2v) is 9.19. The highest BCUT2D eigenvalue weighted by Crippen LogP contribution is 2.66. The number of allylic oxidation sites excluding steroid dienone is 1. The van der Waals surface area contributed by atoms with Crippen molar-refractivity contribution in [2.75, 3.05) is 27.4 Å². The average Bonchev–Trinajstić information content (AvgIpc) is 2.99. The van der Waals surface area contributed by atoms with Crippen LogP contribution in [0.15, 0.2) is 11.6 Å². The minimum atomic E-state index is -0.900. The van der Waals surface area contributed by atoms with E-state index in [0.29, 0.717) is 25.6 Å². The number of rotatable bonds is 6. The van der Waals surface area contributed by atoms with Gasteiger partial charge in [0.25, 0.3) is 0 Å². The Labute approximate surface area is 173 Å². The fraction of sp³-hybridized carbons (Fsp3) is 0.826. The summed E-state index contributed by atoms with van der Waals surface area (Å²) >= 11 is 0. The zero-order valence-electron chi connectivity index (χ0n) is 18.1. The molecule has 4 aliphatic rings. The number of methoxy groups -OCH3 is 2. The van der Waals surface area contributed by atoms with Gasteiger partial charge in [-0.2, -0.15) is 0 Å². The molecule has 0 aromatic carbocycles. The van der Waals surface area contributed by atoms with Crippen LogP contribution < -0.4 is 0 Å². The maximum absolute atomic E-state index is 13.1. The standard InChI is InChI=1S/C23H34O6/c1-5-7-8-14-11-17-22(6-2)12-16(20(24)26-3)18(21(25)27-4)19-15(14)9-10-28-23(17,19)29-13-22/h11,14-16,18-19H,5-10,12-13H2,1-4H3/t14-,15+,16-,18-,19+,22+,23+/m0/s1. The molecule has 4 rings (SSSR count). The molecule has 6 heteroatoms. The van der Waals surface area contributed by atoms with Crippen molar-refractivity contribution in [1.82, 2.24) is 0 Å². The van der Waals surface area contributed by atoms with E-state index < -0.39 is 17.6 Å². The Kier molecular flexibility index (Phi) is 5.53. The fourth-order valence-electron chi connectivity index (χ4n) is 6.65. The number of hydrogen-bond acceptors (Lipinski definition) is 6. The van der Waals surface area contributed by atoms with Gasteiger partial charge in [0.05, 0.1) is 39.3 Å². The van der Waals surface area contributed by atoms with Crippen molar-refractivity contribution in [1.29, 1.82) is 0 Å². The van der Waals surface area contributed by atoms with Gasteiger partial charge in [-0.3, -0.25) is 9.59 Å². The molecular formula is C23H34O6. The van der Waals surface area contributed by atoms with E-state index in [0.717, 1.165) is 32.1 Å². The zero-order valence-corrected chi connectivity index (χ0v) is 18.1. The lowest BCUT2D eigenvalue weighted by Gasteiger charge is -2.53. The predicted octanol–water partition coefficient (Wildman–Crippen LogP) is 3.49. The van der Waals surface area contributed by atoms with Crippen LogP contribution in [0.5, 0.6) is 0 Å². The number of carbonyl (C=O) groups excluding carboxylic acids is 2. The Morgan fingerprint density at radius 2 is 1.93 bits per heavy atom. The smallest absolute Gasteiger partial charge is 0.310 e. The van der Waals surface area contributed by atoms with Gasteiger partial charge in [-0.15, -0.1) is 0 Å². The first kappa shape index (κ1) is 20.9. The summed E-state index contributed by atoms with van der Waals surface area (Å²) in [6, 6.07) is 0. The molecule has 1 saturated carbocycles. The number of hydrogen-bond donors (Lipinski definition) is 0. The summed E-state index contributed by atoms with van der Waals surface area (Å²) in [6.45, 7) is 5.50. The lowest BCUT2D eigenvalue weighted by molar-refractivity contribution is -0.279. The maximum atomic E-state index is 13.1. The lowest BCUT2D eigenvalue weighted by atomic mass is 9.60. The van der Waals surface area contributed by atoms with Crippen LogP contribution in [0.25, 0.3) is 0 Å². The summed E-state index contributed by atoms with van der Waals surface area (Å²) in [6.07, 6.45) is 8.02. The molecule has 6 nitrogen and oxygen atoms in total. The van der Waals surface area contributed by atoms with Crippen molar-refractivity contribution in [3.63, 3.8) is 0 Å². The van der Waals surface area contributed by atoms with Crippen molar-refractivity contribution in [3.05, 3.63) is 11.6 Å². The lowest BCUT2D eigenvalue weighted by Crippen LogP contribution is -2.58. The Hall–Kier alpha value is -1.40. The molecule has 162 valence electrons. The van der Waals surface area contributed by atoms with Crippen molar-refractivity contribution in [2.24, 2.45) is 35.0 Å². The van der Waals surface area contributed by atoms with Crippen molar-refractivity contribution in [3.8, 4) is 0 Å². The van der Waals surface area contributed by atoms with Gasteiger partial charge in [-0.05, 0) is 43.1 Å². The van der Waals surface area contributed by atoms with Crippen LogP contribution in [0.1, 0.15) is 52.4 Å². The minimum absolute atomic E-state index is 0.217. The molecule has 7 atom stereocenters. The fourth-order valence-corrected chi connectivity index (χ4v) is 6.65. The van der Waals surface area contributed by atoms with Gasteiger partial charge in [0.15, 0.2) is 5.79 Å². The van der Waals surface area contributed by atoms with E-state index in [1.54, 1.807) is 0 Å². The summed E-state index contributed by atoms with van der Waals surface area (Å²) < 4.78 is 23.3. The van der Waals surface area contributed by atoms with E-state index in [2.05, 4.69) is 19.9 Å². The van der Waals surface area contributed by atoms with E-state index in [1.807, 2.05) is 0 Å². The van der Waals surface area contributed by atoms with E-state index in [1.165, 1.54) is 19.8 Å². The van der Waals surface area contributed by atoms with E-state index in [-0.39, 0.29) is 29.2 Å². The van der Waals surface area contributed by atoms with Crippen LogP contribution in [-0.4, -0.2) is 45.2 Å². The van der Waals surface area contributed by atoms with E-state index >= 15 is 0 Å². The highest BCUT2D eigenvalue weighted by atomic mass is 16.7. The van der Waals surface area contributed by atoms with Gasteiger partial charge >= 0.3 is 11.9 Å². The van der Waals surface area contributed by atoms with Crippen LogP contribution in [-0.2, 0) is 28.5 Å². The first-order chi connectivity index (χ1) is 14.0. The molecule has 2 saturated heterocycles. The van der Waals surface area contributed by atoms with Gasteiger partial charge in [0.2, 0.25) is 0 Å². The van der Waals surface area contributed by atoms with Crippen LogP contribution >= 0.6 is 0 Å². The maximum Gasteiger partial charge on any atom is 0.310 e. The highest BCUT2D eigenvalue weighted by Gasteiger charge is 2.70. The van der Waals surface area contributed by atoms with Crippen molar-refractivity contribution < 1.29 is 28.5 Å². The normalized spacial score (nSPS) is 42.6. The SMILES string of the molecule is CCCC[C@H]1C=C2[C@@]3(CC)CO[C@]24OCC[C@H]1[C@@H]4[C@@H](C(=O)OC)[C@@H](C(=O)OC)C3. The third-order valence-corrected chi connectivity index (χ3v) is 8.08. The van der Waals surface area contributed by atoms with Crippen LogP contribution in [0.4, 0.5) is 0 Å². The highest BCUT2D eigenvalue weighted by molar-refractivity contribution is 5.83. The van der Waals surface area contributed by atoms with Gasteiger partial charge in [-0.1, -0.05) is 32.8 Å². The summed E-state index contributed by atoms with van der Waals surface area (Å²) in [4.78, 5) is 26.0. The number of ether oxygens (including phenoxy) is 4. The zero-order chi connectivity index (χ0) is 20.8. The van der Waals surface area contributed by atoms with E-state index in [4.69, 9.17) is 18.9 Å². The Balaban J connectivity index is 1.91. The summed E-state index contributed by atoms with van der Waals surface area (Å²) in [7, 11) is 2.80. The molecule has 2 aliphatic carbocycles. The van der Waals surface area contributed by atoms with Crippen LogP contribution in [0, 0.1) is 35.0 Å². The summed E-state index contributed by atoms with van der Waals surface area (Å²) in [5, 5.41) is 0.